The van der Waals surface area contributed by atoms with Gasteiger partial charge in [0, 0.05) is 0 Å². The average molecular weight is 252 g/mol. The number of hydrogen-bond acceptors (Lipinski definition) is 1. The molecule has 98 valence electrons. The third-order valence-corrected chi connectivity index (χ3v) is 5.90. The van der Waals surface area contributed by atoms with E-state index in [-0.39, 0.29) is 0 Å². The van der Waals surface area contributed by atoms with Gasteiger partial charge < -0.3 is 0 Å². The minimum atomic E-state index is 0.854. The Balaban J connectivity index is 2.21. The summed E-state index contributed by atoms with van der Waals surface area (Å²) in [5.74, 6) is 3.17. The first-order valence-electron chi connectivity index (χ1n) is 7.68. The number of thioether (sulfide) groups is 1. The van der Waals surface area contributed by atoms with E-state index in [2.05, 4.69) is 25.6 Å². The predicted molar refractivity (Wildman–Crippen MR) is 79.4 cm³/mol. The van der Waals surface area contributed by atoms with Crippen molar-refractivity contribution < 1.29 is 0 Å². The molecule has 2 aliphatic rings. The zero-order valence-electron chi connectivity index (χ0n) is 11.6. The van der Waals surface area contributed by atoms with Gasteiger partial charge >= 0.3 is 0 Å². The predicted octanol–water partition coefficient (Wildman–Crippen LogP) is 5.78. The summed E-state index contributed by atoms with van der Waals surface area (Å²) in [5, 5.41) is 0. The summed E-state index contributed by atoms with van der Waals surface area (Å²) in [7, 11) is 0. The third-order valence-electron chi connectivity index (χ3n) is 4.43. The van der Waals surface area contributed by atoms with Gasteiger partial charge in [-0.05, 0) is 54.6 Å². The van der Waals surface area contributed by atoms with Crippen molar-refractivity contribution in [1.82, 2.24) is 0 Å². The van der Waals surface area contributed by atoms with Crippen LogP contribution in [-0.4, -0.2) is 5.75 Å². The largest absolute Gasteiger partial charge is 0.130 e. The molecule has 0 fully saturated rings. The Kier molecular flexibility index (Phi) is 5.47. The third kappa shape index (κ3) is 3.53. The van der Waals surface area contributed by atoms with Crippen LogP contribution in [0.1, 0.15) is 71.6 Å². The molecular formula is C16H28S. The Morgan fingerprint density at radius 1 is 1.12 bits per heavy atom. The van der Waals surface area contributed by atoms with Gasteiger partial charge in [0.15, 0.2) is 0 Å². The number of rotatable bonds is 2. The van der Waals surface area contributed by atoms with E-state index < -0.39 is 0 Å². The molecule has 1 aliphatic heterocycles. The highest BCUT2D eigenvalue weighted by Crippen LogP contribution is 2.43. The van der Waals surface area contributed by atoms with E-state index in [1.807, 2.05) is 10.5 Å². The molecule has 17 heavy (non-hydrogen) atoms. The fourth-order valence-corrected chi connectivity index (χ4v) is 4.88. The van der Waals surface area contributed by atoms with Crippen molar-refractivity contribution >= 4 is 11.8 Å². The molecule has 0 aromatic carbocycles. The van der Waals surface area contributed by atoms with Crippen LogP contribution < -0.4 is 0 Å². The van der Waals surface area contributed by atoms with Crippen molar-refractivity contribution in [1.29, 1.82) is 0 Å². The number of allylic oxidation sites excluding steroid dienone is 2. The summed E-state index contributed by atoms with van der Waals surface area (Å²) < 4.78 is 0. The maximum Gasteiger partial charge on any atom is -0.00201 e. The fourth-order valence-electron chi connectivity index (χ4n) is 3.52. The second kappa shape index (κ2) is 6.87. The lowest BCUT2D eigenvalue weighted by Crippen LogP contribution is -2.13. The zero-order chi connectivity index (χ0) is 12.1. The topological polar surface area (TPSA) is 0 Å². The zero-order valence-corrected chi connectivity index (χ0v) is 12.5. The molecule has 0 spiro atoms. The molecule has 2 atom stereocenters. The van der Waals surface area contributed by atoms with E-state index in [1.165, 1.54) is 63.5 Å². The Bertz CT molecular complexity index is 267. The Labute approximate surface area is 112 Å². The molecule has 0 nitrogen and oxygen atoms in total. The van der Waals surface area contributed by atoms with Crippen molar-refractivity contribution in [2.24, 2.45) is 11.8 Å². The maximum atomic E-state index is 2.47. The van der Waals surface area contributed by atoms with E-state index >= 15 is 0 Å². The van der Waals surface area contributed by atoms with Gasteiger partial charge in [-0.2, -0.15) is 0 Å². The first-order valence-corrected chi connectivity index (χ1v) is 8.67. The van der Waals surface area contributed by atoms with E-state index in [4.69, 9.17) is 0 Å². The molecule has 0 amide bonds. The van der Waals surface area contributed by atoms with Crippen LogP contribution in [0.5, 0.6) is 0 Å². The van der Waals surface area contributed by atoms with Gasteiger partial charge in [-0.15, -0.1) is 11.8 Å². The standard InChI is InChI=1S/C16H28S/c1-3-8-14-10-6-4-5-9-13(2)16-15(14)11-7-12-17-16/h13-14H,3-12H2,1-2H3. The van der Waals surface area contributed by atoms with Crippen molar-refractivity contribution in [3.8, 4) is 0 Å². The Hall–Kier alpha value is 0.0900. The molecule has 1 heterocycles. The first-order chi connectivity index (χ1) is 8.33. The maximum absolute atomic E-state index is 2.47. The molecule has 1 heteroatoms. The van der Waals surface area contributed by atoms with Crippen LogP contribution in [-0.2, 0) is 0 Å². The summed E-state index contributed by atoms with van der Waals surface area (Å²) >= 11 is 2.20. The summed E-state index contributed by atoms with van der Waals surface area (Å²) in [6, 6.07) is 0. The van der Waals surface area contributed by atoms with Crippen LogP contribution in [0.15, 0.2) is 10.5 Å². The second-order valence-electron chi connectivity index (χ2n) is 5.87. The average Bonchev–Trinajstić information content (AvgIpc) is 2.43. The molecule has 2 rings (SSSR count). The molecule has 1 aliphatic carbocycles. The summed E-state index contributed by atoms with van der Waals surface area (Å²) in [5.41, 5.74) is 1.89. The quantitative estimate of drug-likeness (QED) is 0.600. The second-order valence-corrected chi connectivity index (χ2v) is 7.00. The molecule has 0 radical (unpaired) electrons. The molecular weight excluding hydrogens is 224 g/mol. The molecule has 0 aromatic rings. The summed E-state index contributed by atoms with van der Waals surface area (Å²) in [6.07, 6.45) is 12.9. The van der Waals surface area contributed by atoms with Gasteiger partial charge in [0.2, 0.25) is 0 Å². The normalized spacial score (nSPS) is 31.4. The SMILES string of the molecule is CCCC1CCCCCC(C)C2=C1CCCS2. The van der Waals surface area contributed by atoms with Crippen LogP contribution in [0.2, 0.25) is 0 Å². The highest BCUT2D eigenvalue weighted by molar-refractivity contribution is 8.03. The van der Waals surface area contributed by atoms with E-state index in [9.17, 15) is 0 Å². The molecule has 0 N–H and O–H groups in total. The van der Waals surface area contributed by atoms with Gasteiger partial charge in [-0.1, -0.05) is 45.1 Å². The lowest BCUT2D eigenvalue weighted by atomic mass is 9.85. The highest BCUT2D eigenvalue weighted by atomic mass is 32.2. The van der Waals surface area contributed by atoms with Crippen molar-refractivity contribution in [2.45, 2.75) is 71.6 Å². The molecule has 0 aromatic heterocycles. The molecule has 0 bridgehead atoms. The van der Waals surface area contributed by atoms with Crippen LogP contribution in [0.3, 0.4) is 0 Å². The molecule has 2 unspecified atom stereocenters. The van der Waals surface area contributed by atoms with Crippen LogP contribution in [0.25, 0.3) is 0 Å². The van der Waals surface area contributed by atoms with Gasteiger partial charge in [0.05, 0.1) is 0 Å². The molecule has 0 saturated heterocycles. The van der Waals surface area contributed by atoms with Gasteiger partial charge in [-0.3, -0.25) is 0 Å². The van der Waals surface area contributed by atoms with Gasteiger partial charge in [0.1, 0.15) is 0 Å². The monoisotopic (exact) mass is 252 g/mol. The Morgan fingerprint density at radius 3 is 2.76 bits per heavy atom. The van der Waals surface area contributed by atoms with Crippen molar-refractivity contribution in [3.63, 3.8) is 0 Å². The van der Waals surface area contributed by atoms with E-state index in [1.54, 1.807) is 0 Å². The van der Waals surface area contributed by atoms with Crippen LogP contribution >= 0.6 is 11.8 Å². The molecule has 0 saturated carbocycles. The fraction of sp³-hybridized carbons (Fsp3) is 0.875. The van der Waals surface area contributed by atoms with E-state index in [0.29, 0.717) is 0 Å². The minimum Gasteiger partial charge on any atom is -0.130 e. The lowest BCUT2D eigenvalue weighted by molar-refractivity contribution is 0.467. The van der Waals surface area contributed by atoms with Crippen LogP contribution in [0, 0.1) is 11.8 Å². The first kappa shape index (κ1) is 13.5. The van der Waals surface area contributed by atoms with Crippen molar-refractivity contribution in [3.05, 3.63) is 10.5 Å². The van der Waals surface area contributed by atoms with Crippen molar-refractivity contribution in [2.75, 3.05) is 5.75 Å². The Morgan fingerprint density at radius 2 is 1.94 bits per heavy atom. The minimum absolute atomic E-state index is 0.854. The van der Waals surface area contributed by atoms with Gasteiger partial charge in [0.25, 0.3) is 0 Å². The van der Waals surface area contributed by atoms with Gasteiger partial charge in [-0.25, -0.2) is 0 Å². The van der Waals surface area contributed by atoms with Crippen LogP contribution in [0.4, 0.5) is 0 Å². The highest BCUT2D eigenvalue weighted by Gasteiger charge is 2.25. The summed E-state index contributed by atoms with van der Waals surface area (Å²) in [6.45, 7) is 4.83. The number of hydrogen-bond donors (Lipinski definition) is 0. The smallest absolute Gasteiger partial charge is 0.00201 e. The lowest BCUT2D eigenvalue weighted by Gasteiger charge is -2.29. The van der Waals surface area contributed by atoms with E-state index in [0.717, 1.165) is 11.8 Å². The summed E-state index contributed by atoms with van der Waals surface area (Å²) in [4.78, 5) is 1.82.